The number of ether oxygens (including phenoxy) is 3. The summed E-state index contributed by atoms with van der Waals surface area (Å²) in [5, 5.41) is 29.1. The Kier molecular flexibility index (Phi) is 15.6. The fourth-order valence-corrected chi connectivity index (χ4v) is 5.66. The molecule has 4 N–H and O–H groups in total. The van der Waals surface area contributed by atoms with Crippen LogP contribution < -0.4 is 39.3 Å². The first-order valence-corrected chi connectivity index (χ1v) is 14.9. The maximum absolute atomic E-state index is 11.7. The Morgan fingerprint density at radius 1 is 0.714 bits per heavy atom. The van der Waals surface area contributed by atoms with E-state index < -0.39 is 32.4 Å². The van der Waals surface area contributed by atoms with Gasteiger partial charge in [0.2, 0.25) is 0 Å². The van der Waals surface area contributed by atoms with Gasteiger partial charge in [-0.25, -0.2) is 0 Å². The van der Waals surface area contributed by atoms with Gasteiger partial charge in [-0.3, -0.25) is 9.59 Å². The quantitative estimate of drug-likeness (QED) is 0.177. The minimum absolute atomic E-state index is 0. The average Bonchev–Trinajstić information content (AvgIpc) is 3.49. The van der Waals surface area contributed by atoms with Gasteiger partial charge in [-0.05, 0) is 102 Å². The molecule has 0 bridgehead atoms. The molecule has 2 heterocycles. The summed E-state index contributed by atoms with van der Waals surface area (Å²) >= 11 is 0. The third-order valence-electron chi connectivity index (χ3n) is 7.52. The molecule has 2 aliphatic rings. The van der Waals surface area contributed by atoms with Crippen LogP contribution in [0.2, 0.25) is 0 Å². The Morgan fingerprint density at radius 2 is 1.12 bits per heavy atom. The van der Waals surface area contributed by atoms with E-state index in [9.17, 15) is 19.6 Å². The molecule has 49 heavy (non-hydrogen) atoms. The van der Waals surface area contributed by atoms with Crippen LogP contribution in [0.15, 0.2) is 84.9 Å². The van der Waals surface area contributed by atoms with E-state index in [0.717, 1.165) is 22.3 Å². The predicted molar refractivity (Wildman–Crippen MR) is 180 cm³/mol. The van der Waals surface area contributed by atoms with E-state index in [1.165, 1.54) is 0 Å². The maximum atomic E-state index is 11.7. The minimum Gasteiger partial charge on any atom is -0.870 e. The number of carbonyl (C=O) groups is 2. The van der Waals surface area contributed by atoms with E-state index in [2.05, 4.69) is 0 Å². The molecular formula is C35H39B2LiO11. The molecule has 0 aromatic heterocycles. The molecule has 0 saturated heterocycles. The Bertz CT molecular complexity index is 1690. The van der Waals surface area contributed by atoms with Crippen molar-refractivity contribution in [3.63, 3.8) is 0 Å². The maximum Gasteiger partial charge on any atom is 1.00 e. The second kappa shape index (κ2) is 18.6. The second-order valence-corrected chi connectivity index (χ2v) is 10.9. The van der Waals surface area contributed by atoms with Crippen LogP contribution in [0.25, 0.3) is 0 Å². The molecule has 6 rings (SSSR count). The number of benzene rings is 4. The van der Waals surface area contributed by atoms with E-state index in [-0.39, 0.29) is 50.6 Å². The van der Waals surface area contributed by atoms with E-state index in [1.54, 1.807) is 19.1 Å². The Hall–Kier alpha value is -4.05. The van der Waals surface area contributed by atoms with Crippen LogP contribution in [0.3, 0.4) is 0 Å². The van der Waals surface area contributed by atoms with Crippen molar-refractivity contribution in [1.82, 2.24) is 0 Å². The van der Waals surface area contributed by atoms with Crippen LogP contribution in [0.4, 0.5) is 0 Å². The van der Waals surface area contributed by atoms with Crippen molar-refractivity contribution in [1.29, 1.82) is 0 Å². The van der Waals surface area contributed by atoms with Crippen molar-refractivity contribution >= 4 is 37.1 Å². The molecule has 0 fully saturated rings. The molecule has 0 radical (unpaired) electrons. The molecule has 0 spiro atoms. The number of carboxylic acid groups (broad SMARTS) is 1. The summed E-state index contributed by atoms with van der Waals surface area (Å²) in [6, 6.07) is 25.9. The van der Waals surface area contributed by atoms with Crippen LogP contribution in [-0.4, -0.2) is 53.4 Å². The molecule has 14 heteroatoms. The van der Waals surface area contributed by atoms with Crippen molar-refractivity contribution in [3.05, 3.63) is 107 Å². The number of fused-ring (bicyclic) bond motifs is 2. The van der Waals surface area contributed by atoms with Crippen molar-refractivity contribution in [2.45, 2.75) is 53.2 Å². The number of aryl methyl sites for hydroxylation is 2. The molecule has 0 saturated carbocycles. The molecule has 11 nitrogen and oxygen atoms in total. The first-order chi connectivity index (χ1) is 22.1. The molecular weight excluding hydrogens is 625 g/mol. The molecule has 0 aliphatic carbocycles. The summed E-state index contributed by atoms with van der Waals surface area (Å²) in [4.78, 5) is 22.6. The van der Waals surface area contributed by atoms with Gasteiger partial charge >= 0.3 is 45.0 Å². The largest absolute Gasteiger partial charge is 1.00 e. The van der Waals surface area contributed by atoms with Crippen LogP contribution in [0.5, 0.6) is 23.0 Å². The summed E-state index contributed by atoms with van der Waals surface area (Å²) in [7, 11) is -2.20. The zero-order chi connectivity index (χ0) is 32.8. The van der Waals surface area contributed by atoms with Gasteiger partial charge in [-0.2, -0.15) is 0 Å². The monoisotopic (exact) mass is 664 g/mol. The SMILES string of the molecule is C.CCOC(=O)CC1OB(O)c2cc(Oc3ccccc3)cc(C)c21.Cc1cc(Oc2ccccc2)cc2c1C(CC(=O)O)OB2O.[Li+].[OH-]. The van der Waals surface area contributed by atoms with Crippen molar-refractivity contribution in [2.75, 3.05) is 6.61 Å². The van der Waals surface area contributed by atoms with Crippen molar-refractivity contribution < 1.29 is 72.6 Å². The Morgan fingerprint density at radius 3 is 1.51 bits per heavy atom. The smallest absolute Gasteiger partial charge is 0.870 e. The number of para-hydroxylation sites is 2. The first-order valence-electron chi connectivity index (χ1n) is 14.9. The Labute approximate surface area is 298 Å². The average molecular weight is 664 g/mol. The molecule has 2 unspecified atom stereocenters. The number of hydrogen-bond acceptors (Lipinski definition) is 10. The number of esters is 1. The van der Waals surface area contributed by atoms with Crippen LogP contribution >= 0.6 is 0 Å². The summed E-state index contributed by atoms with van der Waals surface area (Å²) < 4.78 is 27.4. The number of carbonyl (C=O) groups excluding carboxylic acids is 1. The van der Waals surface area contributed by atoms with Gasteiger partial charge in [0.15, 0.2) is 0 Å². The van der Waals surface area contributed by atoms with E-state index in [1.807, 2.05) is 86.6 Å². The number of carboxylic acids is 1. The van der Waals surface area contributed by atoms with Crippen molar-refractivity contribution in [2.24, 2.45) is 0 Å². The van der Waals surface area contributed by atoms with Gasteiger partial charge in [0.25, 0.3) is 0 Å². The standard InChI is InChI=1S/C18H19BO5.C16H15BO5.CH4.Li.H2O/c1-3-22-17(20)11-16-18-12(2)9-14(10-15(18)19(21)24-16)23-13-7-5-4-6-8-13;1-10-7-12(21-11-5-3-2-4-6-11)8-13-16(10)14(9-15(18)19)22-17(13)20;;;/h4-10,16,21H,3,11H2,1-2H3;2-8,14,20H,9H2,1H3,(H,18,19);1H4;;1H2/q;;;+1;/p-1. The Balaban J connectivity index is 0.000000321. The van der Waals surface area contributed by atoms with E-state index in [4.69, 9.17) is 28.6 Å². The normalized spacial score (nSPS) is 15.2. The van der Waals surface area contributed by atoms with Gasteiger partial charge in [-0.15, -0.1) is 0 Å². The third-order valence-corrected chi connectivity index (χ3v) is 7.52. The fourth-order valence-electron chi connectivity index (χ4n) is 5.66. The summed E-state index contributed by atoms with van der Waals surface area (Å²) in [6.07, 6.45) is -1.23. The molecule has 4 aromatic carbocycles. The minimum atomic E-state index is -1.13. The first kappa shape index (κ1) is 41.1. The summed E-state index contributed by atoms with van der Waals surface area (Å²) in [6.45, 7) is 5.85. The zero-order valence-electron chi connectivity index (χ0n) is 27.2. The van der Waals surface area contributed by atoms with E-state index in [0.29, 0.717) is 40.5 Å². The predicted octanol–water partition coefficient (Wildman–Crippen LogP) is 1.98. The molecule has 2 aliphatic heterocycles. The molecule has 4 aromatic rings. The third kappa shape index (κ3) is 10.2. The van der Waals surface area contributed by atoms with Crippen molar-refractivity contribution in [3.8, 4) is 23.0 Å². The number of rotatable bonds is 9. The van der Waals surface area contributed by atoms with Gasteiger partial charge in [0, 0.05) is 0 Å². The fraction of sp³-hybridized carbons (Fsp3) is 0.257. The molecule has 252 valence electrons. The van der Waals surface area contributed by atoms with Gasteiger partial charge in [0.05, 0.1) is 31.7 Å². The van der Waals surface area contributed by atoms with Crippen LogP contribution in [-0.2, 0) is 23.6 Å². The van der Waals surface area contributed by atoms with E-state index >= 15 is 0 Å². The topological polar surface area (TPSA) is 171 Å². The summed E-state index contributed by atoms with van der Waals surface area (Å²) in [5.74, 6) is 1.31. The number of hydrogen-bond donors (Lipinski definition) is 3. The van der Waals surface area contributed by atoms with Gasteiger partial charge in [-0.1, -0.05) is 43.8 Å². The van der Waals surface area contributed by atoms with Gasteiger partial charge < -0.3 is 44.2 Å². The molecule has 2 atom stereocenters. The zero-order valence-corrected chi connectivity index (χ0v) is 27.2. The van der Waals surface area contributed by atoms with Crippen LogP contribution in [0, 0.1) is 13.8 Å². The summed E-state index contributed by atoms with van der Waals surface area (Å²) in [5.41, 5.74) is 4.51. The second-order valence-electron chi connectivity index (χ2n) is 10.9. The van der Waals surface area contributed by atoms with Gasteiger partial charge in [0.1, 0.15) is 23.0 Å². The number of aliphatic carboxylic acids is 1. The molecule has 0 amide bonds. The van der Waals surface area contributed by atoms with Crippen LogP contribution in [0.1, 0.15) is 61.7 Å².